The summed E-state index contributed by atoms with van der Waals surface area (Å²) in [5, 5.41) is 0. The first-order valence-corrected chi connectivity index (χ1v) is 20.1. The van der Waals surface area contributed by atoms with E-state index in [2.05, 4.69) is 27.7 Å². The molecule has 0 saturated heterocycles. The van der Waals surface area contributed by atoms with Crippen LogP contribution in [0, 0.1) is 0 Å². The Kier molecular flexibility index (Phi) is 22.6. The van der Waals surface area contributed by atoms with Crippen molar-refractivity contribution in [3.8, 4) is 0 Å². The Bertz CT molecular complexity index is 771. The first-order chi connectivity index (χ1) is 18.4. The summed E-state index contributed by atoms with van der Waals surface area (Å²) >= 11 is 0. The molecule has 14 heteroatoms. The average molecular weight is 652 g/mol. The summed E-state index contributed by atoms with van der Waals surface area (Å²) in [5.74, 6) is 0. The third-order valence-corrected chi connectivity index (χ3v) is 14.5. The lowest BCUT2D eigenvalue weighted by Crippen LogP contribution is -2.30. The van der Waals surface area contributed by atoms with Gasteiger partial charge in [0.2, 0.25) is 0 Å². The molecule has 0 atom stereocenters. The Morgan fingerprint density at radius 1 is 0.450 bits per heavy atom. The first-order valence-electron chi connectivity index (χ1n) is 14.7. The van der Waals surface area contributed by atoms with Crippen LogP contribution in [0.4, 0.5) is 26.3 Å². The molecule has 40 heavy (non-hydrogen) atoms. The number of halogens is 6. The third-order valence-electron chi connectivity index (χ3n) is 6.73. The predicted molar refractivity (Wildman–Crippen MR) is 156 cm³/mol. The van der Waals surface area contributed by atoms with Crippen LogP contribution in [0.3, 0.4) is 0 Å². The second kappa shape index (κ2) is 21.5. The summed E-state index contributed by atoms with van der Waals surface area (Å²) in [6.07, 6.45) is 30.0. The zero-order valence-corrected chi connectivity index (χ0v) is 27.3. The molecule has 0 aliphatic heterocycles. The highest BCUT2D eigenvalue weighted by Crippen LogP contribution is 2.61. The highest BCUT2D eigenvalue weighted by Gasteiger charge is 2.47. The fourth-order valence-corrected chi connectivity index (χ4v) is 11.2. The van der Waals surface area contributed by atoms with E-state index in [-0.39, 0.29) is 0 Å². The van der Waals surface area contributed by atoms with Crippen LogP contribution in [-0.4, -0.2) is 52.5 Å². The van der Waals surface area contributed by atoms with Crippen molar-refractivity contribution in [2.45, 2.75) is 141 Å². The van der Waals surface area contributed by atoms with Crippen LogP contribution in [0.1, 0.15) is 130 Å². The van der Waals surface area contributed by atoms with Crippen molar-refractivity contribution in [1.29, 1.82) is 0 Å². The summed E-state index contributed by atoms with van der Waals surface area (Å²) in [5.41, 5.74) is -12.4. The van der Waals surface area contributed by atoms with E-state index < -0.39 is 38.3 Å². The van der Waals surface area contributed by atoms with Gasteiger partial charge in [-0.05, 0) is 32.1 Å². The van der Waals surface area contributed by atoms with Crippen molar-refractivity contribution in [2.24, 2.45) is 0 Å². The molecule has 5 nitrogen and oxygen atoms in total. The van der Waals surface area contributed by atoms with Gasteiger partial charge in [-0.15, -0.1) is 0 Å². The van der Waals surface area contributed by atoms with Gasteiger partial charge >= 0.3 is 11.0 Å². The van der Waals surface area contributed by atoms with Gasteiger partial charge in [0.05, 0.1) is 24.6 Å². The monoisotopic (exact) mass is 651 g/mol. The van der Waals surface area contributed by atoms with Crippen molar-refractivity contribution < 1.29 is 43.2 Å². The van der Waals surface area contributed by atoms with Gasteiger partial charge in [-0.1, -0.05) is 98.3 Å². The van der Waals surface area contributed by atoms with Crippen molar-refractivity contribution in [1.82, 2.24) is 0 Å². The molecule has 0 N–H and O–H groups in total. The zero-order valence-electron chi connectivity index (χ0n) is 24.8. The normalized spacial score (nSPS) is 13.2. The first kappa shape index (κ1) is 42.0. The Balaban J connectivity index is 0. The minimum Gasteiger partial charge on any atom is -0.421 e. The lowest BCUT2D eigenvalue weighted by Gasteiger charge is -2.28. The average Bonchev–Trinajstić information content (AvgIpc) is 2.84. The Morgan fingerprint density at radius 3 is 0.975 bits per heavy atom. The third kappa shape index (κ3) is 19.1. The Labute approximate surface area is 240 Å². The van der Waals surface area contributed by atoms with Crippen LogP contribution in [0.2, 0.25) is 0 Å². The van der Waals surface area contributed by atoms with E-state index in [1.807, 2.05) is 0 Å². The van der Waals surface area contributed by atoms with Crippen molar-refractivity contribution in [3.63, 3.8) is 0 Å². The quantitative estimate of drug-likeness (QED) is 0.0663. The van der Waals surface area contributed by atoms with Crippen LogP contribution in [-0.2, 0) is 20.0 Å². The molecule has 0 rings (SSSR count). The highest BCUT2D eigenvalue weighted by atomic mass is 32.3. The topological polar surface area (TPSA) is 82.4 Å². The fourth-order valence-electron chi connectivity index (χ4n) is 4.30. The van der Waals surface area contributed by atoms with Crippen LogP contribution in [0.15, 0.2) is 0 Å². The van der Waals surface area contributed by atoms with E-state index in [0.29, 0.717) is 0 Å². The van der Waals surface area contributed by atoms with E-state index in [9.17, 15) is 43.2 Å². The molecule has 0 aromatic rings. The largest absolute Gasteiger partial charge is 0.480 e. The van der Waals surface area contributed by atoms with Gasteiger partial charge in [-0.2, -0.15) is 26.3 Å². The van der Waals surface area contributed by atoms with E-state index in [4.69, 9.17) is 0 Å². The molecule has 0 bridgehead atoms. The van der Waals surface area contributed by atoms with Crippen molar-refractivity contribution in [3.05, 3.63) is 4.13 Å². The fraction of sp³-hybridized carbons (Fsp3) is 1.00. The van der Waals surface area contributed by atoms with Crippen molar-refractivity contribution >= 4 is 27.3 Å². The van der Waals surface area contributed by atoms with Gasteiger partial charge in [-0.3, -0.25) is 0 Å². The number of hydrogen-bond acceptors (Lipinski definition) is 4. The Hall–Kier alpha value is -0.130. The second-order valence-corrected chi connectivity index (χ2v) is 18.3. The lowest BCUT2D eigenvalue weighted by molar-refractivity contribution is -0.0444. The molecule has 0 saturated carbocycles. The van der Waals surface area contributed by atoms with E-state index in [0.717, 1.165) is 4.13 Å². The summed E-state index contributed by atoms with van der Waals surface area (Å²) in [7, 11) is -14.1. The van der Waals surface area contributed by atoms with Crippen molar-refractivity contribution in [2.75, 3.05) is 24.6 Å². The highest BCUT2D eigenvalue weighted by molar-refractivity contribution is 8.13. The van der Waals surface area contributed by atoms with Crippen LogP contribution >= 0.6 is 7.26 Å². The minimum absolute atomic E-state index is 0.620. The molecule has 0 aliphatic carbocycles. The number of sulfonamides is 2. The lowest BCUT2D eigenvalue weighted by atomic mass is 10.1. The van der Waals surface area contributed by atoms with E-state index >= 15 is 0 Å². The standard InChI is InChI=1S/C24H52P.C2F6NO4S2/c1-5-9-13-14-15-16-17-18-19-20-24-25(21-10-6-2,22-11-7-3)23-12-8-4;3-1(4,5)14(10,11)9-15(12,13)2(6,7)8/h5-24H2,1-4H3;/q+1;-1. The zero-order chi connectivity index (χ0) is 31.3. The summed E-state index contributed by atoms with van der Waals surface area (Å²) in [4.78, 5) is 0. The molecule has 0 aromatic heterocycles. The van der Waals surface area contributed by atoms with Crippen LogP contribution in [0.5, 0.6) is 0 Å². The smallest absolute Gasteiger partial charge is 0.421 e. The molecule has 0 aliphatic rings. The van der Waals surface area contributed by atoms with E-state index in [1.54, 1.807) is 31.1 Å². The minimum atomic E-state index is -6.72. The van der Waals surface area contributed by atoms with Crippen LogP contribution < -0.4 is 0 Å². The molecular formula is C26H52F6NO4PS2. The molecule has 0 fully saturated rings. The number of rotatable bonds is 22. The maximum absolute atomic E-state index is 11.4. The molecule has 244 valence electrons. The molecular weight excluding hydrogens is 599 g/mol. The maximum Gasteiger partial charge on any atom is 0.480 e. The molecule has 0 heterocycles. The number of hydrogen-bond donors (Lipinski definition) is 0. The van der Waals surface area contributed by atoms with Gasteiger partial charge in [0.1, 0.15) is 0 Å². The SMILES string of the molecule is CCCCCCCCCCCC[P+](CCCC)(CCCC)CCCC.O=S(=O)([N-]S(=O)(=O)C(F)(F)F)C(F)(F)F. The summed E-state index contributed by atoms with van der Waals surface area (Å²) < 4.78 is 109. The summed E-state index contributed by atoms with van der Waals surface area (Å²) in [6, 6.07) is 0. The van der Waals surface area contributed by atoms with Crippen LogP contribution in [0.25, 0.3) is 4.13 Å². The Morgan fingerprint density at radius 2 is 0.700 bits per heavy atom. The molecule has 0 radical (unpaired) electrons. The van der Waals surface area contributed by atoms with Gasteiger partial charge in [0.15, 0.2) is 20.0 Å². The number of unbranched alkanes of at least 4 members (excludes halogenated alkanes) is 12. The van der Waals surface area contributed by atoms with Gasteiger partial charge < -0.3 is 4.13 Å². The molecule has 0 spiro atoms. The second-order valence-electron chi connectivity index (χ2n) is 10.4. The number of nitrogens with zero attached hydrogens (tertiary/aromatic N) is 1. The molecule has 0 amide bonds. The summed E-state index contributed by atoms with van der Waals surface area (Å²) in [6.45, 7) is 9.46. The van der Waals surface area contributed by atoms with E-state index in [1.165, 1.54) is 96.3 Å². The maximum atomic E-state index is 11.4. The predicted octanol–water partition coefficient (Wildman–Crippen LogP) is 10.4. The number of alkyl halides is 6. The van der Waals surface area contributed by atoms with Gasteiger partial charge in [-0.25, -0.2) is 16.8 Å². The molecule has 0 aromatic carbocycles. The molecule has 0 unspecified atom stereocenters. The van der Waals surface area contributed by atoms with Gasteiger partial charge in [0.25, 0.3) is 0 Å². The van der Waals surface area contributed by atoms with Gasteiger partial charge in [0, 0.05) is 7.26 Å².